The molecule has 2 aromatic rings. The Bertz CT molecular complexity index is 663. The Morgan fingerprint density at radius 2 is 1.72 bits per heavy atom. The molecule has 0 fully saturated rings. The van der Waals surface area contributed by atoms with Crippen molar-refractivity contribution in [3.63, 3.8) is 0 Å². The highest BCUT2D eigenvalue weighted by molar-refractivity contribution is 7.91. The maximum absolute atomic E-state index is 12.1. The lowest BCUT2D eigenvalue weighted by atomic mass is 10.2. The van der Waals surface area contributed by atoms with Crippen LogP contribution in [-0.4, -0.2) is 24.5 Å². The zero-order valence-electron chi connectivity index (χ0n) is 9.15. The highest BCUT2D eigenvalue weighted by atomic mass is 32.2. The first-order chi connectivity index (χ1) is 8.51. The molecule has 1 heterocycles. The van der Waals surface area contributed by atoms with E-state index in [1.54, 1.807) is 0 Å². The molecule has 0 saturated heterocycles. The summed E-state index contributed by atoms with van der Waals surface area (Å²) in [6.07, 6.45) is 2.73. The van der Waals surface area contributed by atoms with Crippen LogP contribution in [0.5, 0.6) is 0 Å². The molecule has 5 nitrogen and oxygen atoms in total. The molecular formula is C12H9NO4S. The number of nitrogens with zero attached hydrogens (tertiary/aromatic N) is 1. The quantitative estimate of drug-likeness (QED) is 0.909. The van der Waals surface area contributed by atoms with E-state index >= 15 is 0 Å². The number of benzene rings is 1. The van der Waals surface area contributed by atoms with Gasteiger partial charge in [0.15, 0.2) is 0 Å². The van der Waals surface area contributed by atoms with E-state index in [4.69, 9.17) is 5.11 Å². The van der Waals surface area contributed by atoms with Crippen LogP contribution in [-0.2, 0) is 9.84 Å². The summed E-state index contributed by atoms with van der Waals surface area (Å²) in [4.78, 5) is 14.5. The summed E-state index contributed by atoms with van der Waals surface area (Å²) in [6.45, 7) is 0. The van der Waals surface area contributed by atoms with Crippen LogP contribution < -0.4 is 0 Å². The van der Waals surface area contributed by atoms with Crippen molar-refractivity contribution in [2.24, 2.45) is 0 Å². The van der Waals surface area contributed by atoms with Crippen molar-refractivity contribution < 1.29 is 18.3 Å². The van der Waals surface area contributed by atoms with E-state index in [1.165, 1.54) is 48.8 Å². The highest BCUT2D eigenvalue weighted by Crippen LogP contribution is 2.20. The molecule has 0 spiro atoms. The summed E-state index contributed by atoms with van der Waals surface area (Å²) in [5, 5.41) is 8.74. The molecule has 92 valence electrons. The van der Waals surface area contributed by atoms with Crippen LogP contribution in [0.25, 0.3) is 0 Å². The molecule has 0 aliphatic rings. The fraction of sp³-hybridized carbons (Fsp3) is 0. The fourth-order valence-corrected chi connectivity index (χ4v) is 2.64. The molecule has 1 aromatic carbocycles. The zero-order chi connectivity index (χ0) is 13.2. The predicted octanol–water partition coefficient (Wildman–Crippen LogP) is 1.61. The molecule has 1 N–H and O–H groups in total. The van der Waals surface area contributed by atoms with Crippen molar-refractivity contribution in [2.45, 2.75) is 9.79 Å². The van der Waals surface area contributed by atoms with E-state index in [-0.39, 0.29) is 15.4 Å². The lowest BCUT2D eigenvalue weighted by Gasteiger charge is -2.04. The number of pyridine rings is 1. The average Bonchev–Trinajstić information content (AvgIpc) is 2.40. The van der Waals surface area contributed by atoms with E-state index in [2.05, 4.69) is 4.98 Å². The molecule has 0 amide bonds. The molecule has 18 heavy (non-hydrogen) atoms. The minimum atomic E-state index is -3.64. The van der Waals surface area contributed by atoms with Crippen molar-refractivity contribution in [1.29, 1.82) is 0 Å². The van der Waals surface area contributed by atoms with Gasteiger partial charge in [-0.05, 0) is 36.4 Å². The number of carboxylic acid groups (broad SMARTS) is 1. The second-order valence-electron chi connectivity index (χ2n) is 3.52. The van der Waals surface area contributed by atoms with Gasteiger partial charge in [0, 0.05) is 12.4 Å². The lowest BCUT2D eigenvalue weighted by Crippen LogP contribution is -2.03. The van der Waals surface area contributed by atoms with Crippen molar-refractivity contribution in [3.05, 3.63) is 54.4 Å². The number of aromatic carboxylic acids is 1. The van der Waals surface area contributed by atoms with Crippen LogP contribution in [0.2, 0.25) is 0 Å². The number of hydrogen-bond donors (Lipinski definition) is 1. The predicted molar refractivity (Wildman–Crippen MR) is 63.1 cm³/mol. The Balaban J connectivity index is 2.46. The van der Waals surface area contributed by atoms with Gasteiger partial charge in [-0.1, -0.05) is 0 Å². The van der Waals surface area contributed by atoms with Gasteiger partial charge >= 0.3 is 5.97 Å². The van der Waals surface area contributed by atoms with Gasteiger partial charge in [0.2, 0.25) is 9.84 Å². The van der Waals surface area contributed by atoms with Crippen LogP contribution in [0.1, 0.15) is 10.4 Å². The lowest BCUT2D eigenvalue weighted by molar-refractivity contribution is 0.0697. The molecule has 0 unspecified atom stereocenters. The van der Waals surface area contributed by atoms with E-state index < -0.39 is 15.8 Å². The van der Waals surface area contributed by atoms with Crippen LogP contribution in [0.3, 0.4) is 0 Å². The van der Waals surface area contributed by atoms with Gasteiger partial charge in [0.05, 0.1) is 15.4 Å². The largest absolute Gasteiger partial charge is 0.478 e. The second kappa shape index (κ2) is 4.58. The van der Waals surface area contributed by atoms with Crippen molar-refractivity contribution >= 4 is 15.8 Å². The summed E-state index contributed by atoms with van der Waals surface area (Å²) in [5.41, 5.74) is 0.0418. The summed E-state index contributed by atoms with van der Waals surface area (Å²) in [5.74, 6) is -1.10. The molecule has 6 heteroatoms. The summed E-state index contributed by atoms with van der Waals surface area (Å²) in [7, 11) is -3.64. The van der Waals surface area contributed by atoms with Gasteiger partial charge < -0.3 is 5.11 Å². The Kier molecular flexibility index (Phi) is 3.12. The Morgan fingerprint density at radius 3 is 2.22 bits per heavy atom. The fourth-order valence-electron chi connectivity index (χ4n) is 1.42. The van der Waals surface area contributed by atoms with Gasteiger partial charge in [0.25, 0.3) is 0 Å². The molecule has 2 rings (SSSR count). The SMILES string of the molecule is O=C(O)c1ccc(S(=O)(=O)c2cccnc2)cc1. The first kappa shape index (κ1) is 12.3. The van der Waals surface area contributed by atoms with Crippen molar-refractivity contribution in [1.82, 2.24) is 4.98 Å². The van der Waals surface area contributed by atoms with Gasteiger partial charge in [-0.25, -0.2) is 13.2 Å². The van der Waals surface area contributed by atoms with Gasteiger partial charge in [-0.3, -0.25) is 4.98 Å². The first-order valence-corrected chi connectivity index (χ1v) is 6.48. The van der Waals surface area contributed by atoms with E-state index in [0.29, 0.717) is 0 Å². The molecular weight excluding hydrogens is 254 g/mol. The van der Waals surface area contributed by atoms with Crippen molar-refractivity contribution in [3.8, 4) is 0 Å². The first-order valence-electron chi connectivity index (χ1n) is 5.00. The molecule has 0 radical (unpaired) electrons. The second-order valence-corrected chi connectivity index (χ2v) is 5.47. The third-order valence-electron chi connectivity index (χ3n) is 2.36. The van der Waals surface area contributed by atoms with Crippen LogP contribution in [0.15, 0.2) is 58.6 Å². The molecule has 0 saturated carbocycles. The van der Waals surface area contributed by atoms with Gasteiger partial charge in [-0.15, -0.1) is 0 Å². The summed E-state index contributed by atoms with van der Waals surface area (Å²) >= 11 is 0. The van der Waals surface area contributed by atoms with Crippen LogP contribution in [0.4, 0.5) is 0 Å². The molecule has 0 aliphatic carbocycles. The number of carbonyl (C=O) groups is 1. The minimum Gasteiger partial charge on any atom is -0.478 e. The van der Waals surface area contributed by atoms with E-state index in [0.717, 1.165) is 0 Å². The summed E-state index contributed by atoms with van der Waals surface area (Å²) < 4.78 is 24.3. The van der Waals surface area contributed by atoms with Crippen LogP contribution in [0, 0.1) is 0 Å². The number of aromatic nitrogens is 1. The highest BCUT2D eigenvalue weighted by Gasteiger charge is 2.17. The minimum absolute atomic E-state index is 0.0418. The summed E-state index contributed by atoms with van der Waals surface area (Å²) in [6, 6.07) is 8.01. The maximum Gasteiger partial charge on any atom is 0.335 e. The number of carboxylic acids is 1. The van der Waals surface area contributed by atoms with Crippen LogP contribution >= 0.6 is 0 Å². The standard InChI is InChI=1S/C12H9NO4S/c14-12(15)9-3-5-10(6-4-9)18(16,17)11-2-1-7-13-8-11/h1-8H,(H,14,15). The normalized spacial score (nSPS) is 11.1. The number of rotatable bonds is 3. The Labute approximate surface area is 104 Å². The zero-order valence-corrected chi connectivity index (χ0v) is 9.96. The third-order valence-corrected chi connectivity index (χ3v) is 4.11. The van der Waals surface area contributed by atoms with Gasteiger partial charge in [-0.2, -0.15) is 0 Å². The monoisotopic (exact) mass is 263 g/mol. The Hall–Kier alpha value is -2.21. The third kappa shape index (κ3) is 2.23. The molecule has 0 bridgehead atoms. The Morgan fingerprint density at radius 1 is 1.06 bits per heavy atom. The molecule has 0 atom stereocenters. The van der Waals surface area contributed by atoms with E-state index in [1.807, 2.05) is 0 Å². The average molecular weight is 263 g/mol. The van der Waals surface area contributed by atoms with Gasteiger partial charge in [0.1, 0.15) is 0 Å². The smallest absolute Gasteiger partial charge is 0.335 e. The topological polar surface area (TPSA) is 84.3 Å². The van der Waals surface area contributed by atoms with E-state index in [9.17, 15) is 13.2 Å². The number of sulfone groups is 1. The van der Waals surface area contributed by atoms with Crippen molar-refractivity contribution in [2.75, 3.05) is 0 Å². The molecule has 1 aromatic heterocycles. The molecule has 0 aliphatic heterocycles. The number of hydrogen-bond acceptors (Lipinski definition) is 4. The maximum atomic E-state index is 12.1.